The fraction of sp³-hybridized carbons (Fsp3) is 0. The zero-order chi connectivity index (χ0) is 35.8. The summed E-state index contributed by atoms with van der Waals surface area (Å²) in [6.07, 6.45) is 0. The monoisotopic (exact) mass is 748 g/mol. The second-order valence-electron chi connectivity index (χ2n) is 13.5. The standard InChI is InChI=1S/C48H29ClN2OS2/c49-40-27-34(29-46-47(40)38-17-8-10-21-43(38)54-46)50(30-12-3-1-4-13-30)33-22-24-36-39-26-32(23-25-44(39)53-45(36)28-33)51(31-14-5-2-6-15-31)41-19-11-18-37-35-16-7-9-20-42(35)52-48(37)41/h1-29H. The molecular weight excluding hydrogens is 720 g/mol. The minimum Gasteiger partial charge on any atom is -0.454 e. The molecule has 0 bridgehead atoms. The highest BCUT2D eigenvalue weighted by atomic mass is 35.5. The highest BCUT2D eigenvalue weighted by Crippen LogP contribution is 2.47. The molecule has 0 atom stereocenters. The molecule has 0 aliphatic rings. The molecule has 3 nitrogen and oxygen atoms in total. The molecule has 3 heterocycles. The van der Waals surface area contributed by atoms with Crippen molar-refractivity contribution in [1.82, 2.24) is 0 Å². The van der Waals surface area contributed by atoms with Crippen molar-refractivity contribution in [3.63, 3.8) is 0 Å². The van der Waals surface area contributed by atoms with Gasteiger partial charge in [-0.25, -0.2) is 0 Å². The van der Waals surface area contributed by atoms with Crippen molar-refractivity contribution in [3.8, 4) is 0 Å². The highest BCUT2D eigenvalue weighted by molar-refractivity contribution is 7.26. The lowest BCUT2D eigenvalue weighted by atomic mass is 10.1. The molecule has 0 N–H and O–H groups in total. The fourth-order valence-electron chi connectivity index (χ4n) is 7.89. The normalized spacial score (nSPS) is 11.8. The number of para-hydroxylation sites is 4. The maximum absolute atomic E-state index is 7.10. The van der Waals surface area contributed by atoms with Crippen LogP contribution in [0.15, 0.2) is 180 Å². The molecule has 0 aliphatic heterocycles. The van der Waals surface area contributed by atoms with Gasteiger partial charge in [0.15, 0.2) is 5.58 Å². The van der Waals surface area contributed by atoms with Crippen LogP contribution in [0.2, 0.25) is 5.02 Å². The van der Waals surface area contributed by atoms with Crippen LogP contribution in [0.3, 0.4) is 0 Å². The Morgan fingerprint density at radius 3 is 1.85 bits per heavy atom. The Morgan fingerprint density at radius 1 is 0.389 bits per heavy atom. The van der Waals surface area contributed by atoms with Crippen LogP contribution in [0, 0.1) is 0 Å². The summed E-state index contributed by atoms with van der Waals surface area (Å²) in [6, 6.07) is 62.3. The molecule has 0 spiro atoms. The van der Waals surface area contributed by atoms with Crippen LogP contribution in [-0.4, -0.2) is 0 Å². The summed E-state index contributed by atoms with van der Waals surface area (Å²) >= 11 is 10.7. The first-order valence-corrected chi connectivity index (χ1v) is 19.9. The average molecular weight is 749 g/mol. The van der Waals surface area contributed by atoms with Crippen molar-refractivity contribution in [2.75, 3.05) is 9.80 Å². The van der Waals surface area contributed by atoms with Crippen molar-refractivity contribution < 1.29 is 4.42 Å². The Hall–Kier alpha value is -6.11. The zero-order valence-electron chi connectivity index (χ0n) is 28.7. The number of benzene rings is 8. The lowest BCUT2D eigenvalue weighted by Gasteiger charge is -2.26. The SMILES string of the molecule is Clc1cc(N(c2ccccc2)c2ccc3c(c2)sc2ccc(N(c4ccccc4)c4cccc5c4oc4ccccc45)cc23)cc2sc3ccccc3c12. The van der Waals surface area contributed by atoms with E-state index in [1.54, 1.807) is 11.3 Å². The summed E-state index contributed by atoms with van der Waals surface area (Å²) < 4.78 is 11.4. The third-order valence-corrected chi connectivity index (χ3v) is 12.8. The number of anilines is 6. The van der Waals surface area contributed by atoms with Gasteiger partial charge in [0.05, 0.1) is 10.7 Å². The van der Waals surface area contributed by atoms with E-state index in [0.29, 0.717) is 0 Å². The smallest absolute Gasteiger partial charge is 0.159 e. The molecule has 256 valence electrons. The van der Waals surface area contributed by atoms with E-state index >= 15 is 0 Å². The van der Waals surface area contributed by atoms with Gasteiger partial charge in [-0.2, -0.15) is 0 Å². The van der Waals surface area contributed by atoms with Crippen molar-refractivity contribution in [1.29, 1.82) is 0 Å². The third-order valence-electron chi connectivity index (χ3n) is 10.3. The maximum Gasteiger partial charge on any atom is 0.159 e. The lowest BCUT2D eigenvalue weighted by molar-refractivity contribution is 0.669. The highest BCUT2D eigenvalue weighted by Gasteiger charge is 2.21. The van der Waals surface area contributed by atoms with Crippen molar-refractivity contribution >= 4 is 131 Å². The van der Waals surface area contributed by atoms with Gasteiger partial charge in [-0.1, -0.05) is 103 Å². The first-order valence-electron chi connectivity index (χ1n) is 17.9. The summed E-state index contributed by atoms with van der Waals surface area (Å²) in [6.45, 7) is 0. The van der Waals surface area contributed by atoms with Crippen molar-refractivity contribution in [3.05, 3.63) is 181 Å². The summed E-state index contributed by atoms with van der Waals surface area (Å²) in [7, 11) is 0. The molecular formula is C48H29ClN2OS2. The molecule has 54 heavy (non-hydrogen) atoms. The van der Waals surface area contributed by atoms with Crippen LogP contribution in [-0.2, 0) is 0 Å². The van der Waals surface area contributed by atoms with Crippen LogP contribution in [0.4, 0.5) is 34.1 Å². The average Bonchev–Trinajstić information content (AvgIpc) is 3.90. The van der Waals surface area contributed by atoms with E-state index in [1.807, 2.05) is 23.5 Å². The quantitative estimate of drug-likeness (QED) is 0.169. The molecule has 6 heteroatoms. The van der Waals surface area contributed by atoms with Gasteiger partial charge in [-0.15, -0.1) is 22.7 Å². The van der Waals surface area contributed by atoms with Crippen LogP contribution < -0.4 is 9.80 Å². The Bertz CT molecular complexity index is 3200. The number of furan rings is 1. The number of thiophene rings is 2. The molecule has 0 unspecified atom stereocenters. The largest absolute Gasteiger partial charge is 0.454 e. The predicted molar refractivity (Wildman–Crippen MR) is 234 cm³/mol. The first-order chi connectivity index (χ1) is 26.7. The minimum absolute atomic E-state index is 0.762. The Morgan fingerprint density at radius 2 is 1.02 bits per heavy atom. The van der Waals surface area contributed by atoms with E-state index in [2.05, 4.69) is 174 Å². The number of hydrogen-bond acceptors (Lipinski definition) is 5. The fourth-order valence-corrected chi connectivity index (χ4v) is 10.5. The van der Waals surface area contributed by atoms with E-state index in [9.17, 15) is 0 Å². The molecule has 8 aromatic carbocycles. The predicted octanol–water partition coefficient (Wildman–Crippen LogP) is 15.9. The van der Waals surface area contributed by atoms with Gasteiger partial charge in [-0.3, -0.25) is 0 Å². The van der Waals surface area contributed by atoms with Gasteiger partial charge in [0.2, 0.25) is 0 Å². The molecule has 0 amide bonds. The Kier molecular flexibility index (Phi) is 7.27. The van der Waals surface area contributed by atoms with E-state index in [0.717, 1.165) is 66.5 Å². The number of nitrogens with zero attached hydrogens (tertiary/aromatic N) is 2. The minimum atomic E-state index is 0.762. The van der Waals surface area contributed by atoms with Gasteiger partial charge >= 0.3 is 0 Å². The molecule has 3 aromatic heterocycles. The van der Waals surface area contributed by atoms with Crippen LogP contribution in [0.5, 0.6) is 0 Å². The first kappa shape index (κ1) is 31.4. The van der Waals surface area contributed by atoms with E-state index in [4.69, 9.17) is 16.0 Å². The molecule has 0 aliphatic carbocycles. The maximum atomic E-state index is 7.10. The number of halogens is 1. The molecule has 0 fully saturated rings. The zero-order valence-corrected chi connectivity index (χ0v) is 31.1. The number of hydrogen-bond donors (Lipinski definition) is 0. The lowest BCUT2D eigenvalue weighted by Crippen LogP contribution is -2.10. The van der Waals surface area contributed by atoms with E-state index in [-0.39, 0.29) is 0 Å². The third kappa shape index (κ3) is 5.01. The van der Waals surface area contributed by atoms with Crippen molar-refractivity contribution in [2.45, 2.75) is 0 Å². The van der Waals surface area contributed by atoms with E-state index in [1.165, 1.54) is 35.0 Å². The van der Waals surface area contributed by atoms with Crippen LogP contribution in [0.1, 0.15) is 0 Å². The molecule has 11 rings (SSSR count). The van der Waals surface area contributed by atoms with Gasteiger partial charge in [0.1, 0.15) is 5.58 Å². The number of fused-ring (bicyclic) bond motifs is 9. The van der Waals surface area contributed by atoms with Crippen molar-refractivity contribution in [2.24, 2.45) is 0 Å². The molecule has 0 radical (unpaired) electrons. The van der Waals surface area contributed by atoms with Crippen LogP contribution >= 0.6 is 34.3 Å². The van der Waals surface area contributed by atoms with Gasteiger partial charge in [-0.05, 0) is 84.9 Å². The van der Waals surface area contributed by atoms with Gasteiger partial charge in [0.25, 0.3) is 0 Å². The Labute approximate surface area is 324 Å². The van der Waals surface area contributed by atoms with Gasteiger partial charge < -0.3 is 14.2 Å². The second-order valence-corrected chi connectivity index (χ2v) is 16.0. The molecule has 0 saturated carbocycles. The summed E-state index contributed by atoms with van der Waals surface area (Å²) in [4.78, 5) is 4.63. The summed E-state index contributed by atoms with van der Waals surface area (Å²) in [5, 5.41) is 7.75. The van der Waals surface area contributed by atoms with Crippen LogP contribution in [0.25, 0.3) is 62.3 Å². The molecule has 0 saturated heterocycles. The Balaban J connectivity index is 1.06. The summed E-state index contributed by atoms with van der Waals surface area (Å²) in [5.74, 6) is 0. The summed E-state index contributed by atoms with van der Waals surface area (Å²) in [5.41, 5.74) is 8.10. The topological polar surface area (TPSA) is 19.6 Å². The van der Waals surface area contributed by atoms with E-state index < -0.39 is 0 Å². The molecule has 11 aromatic rings. The van der Waals surface area contributed by atoms with Gasteiger partial charge in [0, 0.05) is 79.6 Å². The second kappa shape index (κ2) is 12.5. The number of rotatable bonds is 6.